The molecule has 0 amide bonds. The third-order valence-corrected chi connectivity index (χ3v) is 3.18. The van der Waals surface area contributed by atoms with Crippen LogP contribution in [0.25, 0.3) is 10.7 Å². The van der Waals surface area contributed by atoms with Crippen LogP contribution in [0.3, 0.4) is 0 Å². The summed E-state index contributed by atoms with van der Waals surface area (Å²) in [4.78, 5) is 5.03. The number of rotatable bonds is 4. The van der Waals surface area contributed by atoms with Gasteiger partial charge in [-0.2, -0.15) is 4.98 Å². The summed E-state index contributed by atoms with van der Waals surface area (Å²) in [6.45, 7) is 1.89. The van der Waals surface area contributed by atoms with Gasteiger partial charge in [0.2, 0.25) is 5.82 Å². The lowest BCUT2D eigenvalue weighted by atomic mass is 10.1. The number of nitrogens with two attached hydrogens (primary N) is 1. The summed E-state index contributed by atoms with van der Waals surface area (Å²) in [6, 6.07) is 3.42. The highest BCUT2D eigenvalue weighted by Crippen LogP contribution is 2.24. The first-order chi connectivity index (χ1) is 7.72. The van der Waals surface area contributed by atoms with Crippen molar-refractivity contribution in [3.05, 3.63) is 23.4 Å². The van der Waals surface area contributed by atoms with Gasteiger partial charge in [-0.1, -0.05) is 18.1 Å². The van der Waals surface area contributed by atoms with E-state index in [1.165, 1.54) is 11.3 Å². The number of hydrogen-bond donors (Lipinski definition) is 2. The first kappa shape index (κ1) is 11.3. The maximum atomic E-state index is 9.78. The minimum Gasteiger partial charge on any atom is -0.382 e. The zero-order valence-corrected chi connectivity index (χ0v) is 9.65. The summed E-state index contributed by atoms with van der Waals surface area (Å²) < 4.78 is 4.99. The van der Waals surface area contributed by atoms with Crippen LogP contribution in [0, 0.1) is 0 Å². The third kappa shape index (κ3) is 2.13. The van der Waals surface area contributed by atoms with Crippen LogP contribution in [0.2, 0.25) is 0 Å². The molecule has 0 saturated heterocycles. The number of aromatic nitrogens is 2. The summed E-state index contributed by atoms with van der Waals surface area (Å²) in [7, 11) is 0. The van der Waals surface area contributed by atoms with Gasteiger partial charge >= 0.3 is 0 Å². The monoisotopic (exact) mass is 239 g/mol. The zero-order chi connectivity index (χ0) is 11.5. The second-order valence-electron chi connectivity index (χ2n) is 3.45. The number of aliphatic hydroxyl groups excluding tert-OH is 1. The number of aliphatic hydroxyl groups is 1. The lowest BCUT2D eigenvalue weighted by Gasteiger charge is -2.11. The molecule has 0 aliphatic carbocycles. The zero-order valence-electron chi connectivity index (χ0n) is 8.83. The Morgan fingerprint density at radius 2 is 2.44 bits per heavy atom. The molecule has 0 radical (unpaired) electrons. The average molecular weight is 239 g/mol. The highest BCUT2D eigenvalue weighted by atomic mass is 32.1. The summed E-state index contributed by atoms with van der Waals surface area (Å²) >= 11 is 1.52. The van der Waals surface area contributed by atoms with Crippen LogP contribution in [0.4, 0.5) is 0 Å². The fraction of sp³-hybridized carbons (Fsp3) is 0.400. The van der Waals surface area contributed by atoms with Crippen LogP contribution in [0.15, 0.2) is 22.0 Å². The van der Waals surface area contributed by atoms with Gasteiger partial charge in [-0.3, -0.25) is 0 Å². The van der Waals surface area contributed by atoms with E-state index in [2.05, 4.69) is 10.1 Å². The largest absolute Gasteiger partial charge is 0.382 e. The molecule has 2 rings (SSSR count). The SMILES string of the molecule is CCC(N)C(O)c1nc(-c2cccs2)no1. The predicted octanol–water partition coefficient (Wildman–Crippen LogP) is 1.57. The number of nitrogens with zero attached hydrogens (tertiary/aromatic N) is 2. The Kier molecular flexibility index (Phi) is 3.33. The Morgan fingerprint density at radius 1 is 1.62 bits per heavy atom. The van der Waals surface area contributed by atoms with E-state index < -0.39 is 6.10 Å². The van der Waals surface area contributed by atoms with Gasteiger partial charge in [0, 0.05) is 6.04 Å². The van der Waals surface area contributed by atoms with E-state index in [1.54, 1.807) is 0 Å². The smallest absolute Gasteiger partial charge is 0.257 e. The predicted molar refractivity (Wildman–Crippen MR) is 60.8 cm³/mol. The standard InChI is InChI=1S/C10H13N3O2S/c1-2-6(11)8(14)10-12-9(13-15-10)7-4-3-5-16-7/h3-6,8,14H,2,11H2,1H3. The van der Waals surface area contributed by atoms with Crippen molar-refractivity contribution in [2.45, 2.75) is 25.5 Å². The molecule has 0 aliphatic rings. The molecule has 5 nitrogen and oxygen atoms in total. The van der Waals surface area contributed by atoms with Crippen molar-refractivity contribution in [3.8, 4) is 10.7 Å². The molecule has 3 N–H and O–H groups in total. The molecule has 0 aliphatic heterocycles. The fourth-order valence-corrected chi connectivity index (χ4v) is 1.92. The van der Waals surface area contributed by atoms with Gasteiger partial charge in [0.15, 0.2) is 0 Å². The molecule has 16 heavy (non-hydrogen) atoms. The molecule has 0 bridgehead atoms. The lowest BCUT2D eigenvalue weighted by Crippen LogP contribution is -2.27. The van der Waals surface area contributed by atoms with Gasteiger partial charge in [-0.05, 0) is 17.9 Å². The maximum absolute atomic E-state index is 9.78. The highest BCUT2D eigenvalue weighted by Gasteiger charge is 2.22. The van der Waals surface area contributed by atoms with Gasteiger partial charge in [0.25, 0.3) is 5.89 Å². The van der Waals surface area contributed by atoms with Crippen LogP contribution < -0.4 is 5.73 Å². The van der Waals surface area contributed by atoms with Crippen molar-refractivity contribution in [2.24, 2.45) is 5.73 Å². The molecule has 0 saturated carbocycles. The summed E-state index contributed by atoms with van der Waals surface area (Å²) in [6.07, 6.45) is -0.246. The number of thiophene rings is 1. The van der Waals surface area contributed by atoms with Crippen molar-refractivity contribution in [1.82, 2.24) is 10.1 Å². The molecule has 2 heterocycles. The third-order valence-electron chi connectivity index (χ3n) is 2.31. The van der Waals surface area contributed by atoms with E-state index in [4.69, 9.17) is 10.3 Å². The van der Waals surface area contributed by atoms with Crippen LogP contribution in [-0.4, -0.2) is 21.3 Å². The van der Waals surface area contributed by atoms with Crippen molar-refractivity contribution >= 4 is 11.3 Å². The van der Waals surface area contributed by atoms with Crippen molar-refractivity contribution < 1.29 is 9.63 Å². The van der Waals surface area contributed by atoms with Gasteiger partial charge in [0.05, 0.1) is 4.88 Å². The van der Waals surface area contributed by atoms with E-state index >= 15 is 0 Å². The van der Waals surface area contributed by atoms with Crippen molar-refractivity contribution in [2.75, 3.05) is 0 Å². The normalized spacial score (nSPS) is 14.9. The quantitative estimate of drug-likeness (QED) is 0.845. The first-order valence-corrected chi connectivity index (χ1v) is 5.91. The first-order valence-electron chi connectivity index (χ1n) is 5.03. The van der Waals surface area contributed by atoms with Crippen molar-refractivity contribution in [1.29, 1.82) is 0 Å². The topological polar surface area (TPSA) is 85.2 Å². The molecule has 86 valence electrons. The fourth-order valence-electron chi connectivity index (χ4n) is 1.27. The van der Waals surface area contributed by atoms with Crippen LogP contribution in [0.1, 0.15) is 25.3 Å². The molecule has 0 fully saturated rings. The summed E-state index contributed by atoms with van der Waals surface area (Å²) in [5, 5.41) is 15.5. The Morgan fingerprint density at radius 3 is 3.06 bits per heavy atom. The molecule has 0 spiro atoms. The van der Waals surface area contributed by atoms with Gasteiger partial charge in [0.1, 0.15) is 6.10 Å². The molecule has 2 atom stereocenters. The van der Waals surface area contributed by atoms with Crippen LogP contribution in [-0.2, 0) is 0 Å². The highest BCUT2D eigenvalue weighted by molar-refractivity contribution is 7.13. The number of hydrogen-bond acceptors (Lipinski definition) is 6. The van der Waals surface area contributed by atoms with Crippen molar-refractivity contribution in [3.63, 3.8) is 0 Å². The summed E-state index contributed by atoms with van der Waals surface area (Å²) in [5.41, 5.74) is 5.70. The van der Waals surface area contributed by atoms with Gasteiger partial charge in [-0.15, -0.1) is 11.3 Å². The van der Waals surface area contributed by atoms with E-state index in [0.29, 0.717) is 12.2 Å². The molecule has 2 aromatic heterocycles. The second-order valence-corrected chi connectivity index (χ2v) is 4.40. The van der Waals surface area contributed by atoms with Gasteiger partial charge < -0.3 is 15.4 Å². The lowest BCUT2D eigenvalue weighted by molar-refractivity contribution is 0.105. The maximum Gasteiger partial charge on any atom is 0.257 e. The molecular formula is C10H13N3O2S. The molecular weight excluding hydrogens is 226 g/mol. The minimum atomic E-state index is -0.897. The second kappa shape index (κ2) is 4.73. The van der Waals surface area contributed by atoms with E-state index in [1.807, 2.05) is 24.4 Å². The average Bonchev–Trinajstić information content (AvgIpc) is 2.96. The Labute approximate surface area is 96.9 Å². The minimum absolute atomic E-state index is 0.178. The Bertz CT molecular complexity index is 441. The molecule has 2 unspecified atom stereocenters. The summed E-state index contributed by atoms with van der Waals surface area (Å²) in [5.74, 6) is 0.671. The van der Waals surface area contributed by atoms with Crippen LogP contribution in [0.5, 0.6) is 0 Å². The molecule has 0 aromatic carbocycles. The molecule has 2 aromatic rings. The van der Waals surface area contributed by atoms with E-state index in [0.717, 1.165) is 4.88 Å². The Balaban J connectivity index is 2.20. The molecule has 6 heteroatoms. The van der Waals surface area contributed by atoms with E-state index in [9.17, 15) is 5.11 Å². The van der Waals surface area contributed by atoms with Crippen LogP contribution >= 0.6 is 11.3 Å². The Hall–Kier alpha value is -1.24. The van der Waals surface area contributed by atoms with E-state index in [-0.39, 0.29) is 11.9 Å². The van der Waals surface area contributed by atoms with Gasteiger partial charge in [-0.25, -0.2) is 0 Å².